The van der Waals surface area contributed by atoms with Crippen molar-refractivity contribution >= 4 is 15.9 Å². The van der Waals surface area contributed by atoms with E-state index in [2.05, 4.69) is 21.2 Å². The van der Waals surface area contributed by atoms with Crippen molar-refractivity contribution < 1.29 is 4.92 Å². The van der Waals surface area contributed by atoms with Crippen LogP contribution in [0.5, 0.6) is 0 Å². The Morgan fingerprint density at radius 3 is 3.12 bits per heavy atom. The molecule has 0 spiro atoms. The number of nitrogens with zero attached hydrogens (tertiary/aromatic N) is 2. The number of nitro groups is 1. The molecule has 0 aliphatic carbocycles. The predicted octanol–water partition coefficient (Wildman–Crippen LogP) is 1.93. The third kappa shape index (κ3) is 3.20. The molecule has 0 atom stereocenters. The van der Waals surface area contributed by atoms with Crippen LogP contribution in [0.3, 0.4) is 0 Å². The van der Waals surface area contributed by atoms with Gasteiger partial charge < -0.3 is 10.2 Å². The van der Waals surface area contributed by atoms with Crippen molar-refractivity contribution in [2.75, 3.05) is 13.1 Å². The highest BCUT2D eigenvalue weighted by Gasteiger charge is 2.19. The molecule has 90 valence electrons. The van der Waals surface area contributed by atoms with Crippen LogP contribution >= 0.6 is 15.9 Å². The summed E-state index contributed by atoms with van der Waals surface area (Å²) in [5.74, 6) is 0.579. The molecule has 0 unspecified atom stereocenters. The second-order valence-corrected chi connectivity index (χ2v) is 4.69. The van der Waals surface area contributed by atoms with Gasteiger partial charge in [0, 0.05) is 24.1 Å². The molecule has 0 bridgehead atoms. The quantitative estimate of drug-likeness (QED) is 0.684. The maximum absolute atomic E-state index is 10.5. The first-order valence-electron chi connectivity index (χ1n) is 5.24. The van der Waals surface area contributed by atoms with E-state index >= 15 is 0 Å². The van der Waals surface area contributed by atoms with Crippen LogP contribution in [0.1, 0.15) is 5.56 Å². The van der Waals surface area contributed by atoms with Crippen molar-refractivity contribution in [1.29, 1.82) is 0 Å². The Morgan fingerprint density at radius 1 is 1.59 bits per heavy atom. The number of hydrogen-bond donors (Lipinski definition) is 1. The fraction of sp³-hybridized carbons (Fsp3) is 0.273. The van der Waals surface area contributed by atoms with E-state index in [1.165, 1.54) is 0 Å². The normalized spacial score (nSPS) is 17.2. The minimum absolute atomic E-state index is 0.429. The standard InChI is InChI=1S/C11H12BrN3O2/c12-10-3-1-2-9(6-10)7-14-5-4-13-11(14)8-15(16)17/h1-3,6,8,13H,4-5,7H2. The number of benzene rings is 1. The second kappa shape index (κ2) is 5.18. The van der Waals surface area contributed by atoms with E-state index in [4.69, 9.17) is 0 Å². The highest BCUT2D eigenvalue weighted by molar-refractivity contribution is 9.10. The smallest absolute Gasteiger partial charge is 0.274 e. The van der Waals surface area contributed by atoms with Gasteiger partial charge in [-0.2, -0.15) is 0 Å². The lowest BCUT2D eigenvalue weighted by atomic mass is 10.2. The van der Waals surface area contributed by atoms with Gasteiger partial charge in [-0.25, -0.2) is 0 Å². The van der Waals surface area contributed by atoms with Crippen LogP contribution in [0.15, 0.2) is 40.8 Å². The van der Waals surface area contributed by atoms with Gasteiger partial charge in [-0.15, -0.1) is 0 Å². The van der Waals surface area contributed by atoms with Crippen LogP contribution in [0, 0.1) is 10.1 Å². The van der Waals surface area contributed by atoms with E-state index in [0.29, 0.717) is 12.4 Å². The van der Waals surface area contributed by atoms with E-state index in [-0.39, 0.29) is 0 Å². The van der Waals surface area contributed by atoms with Gasteiger partial charge in [0.05, 0.1) is 4.92 Å². The summed E-state index contributed by atoms with van der Waals surface area (Å²) >= 11 is 3.41. The molecule has 1 heterocycles. The zero-order chi connectivity index (χ0) is 12.3. The predicted molar refractivity (Wildman–Crippen MR) is 67.6 cm³/mol. The maximum atomic E-state index is 10.5. The Morgan fingerprint density at radius 2 is 2.41 bits per heavy atom. The Kier molecular flexibility index (Phi) is 3.63. The molecule has 1 saturated heterocycles. The first kappa shape index (κ1) is 11.9. The van der Waals surface area contributed by atoms with Gasteiger partial charge in [0.15, 0.2) is 5.82 Å². The Bertz CT molecular complexity index is 462. The third-order valence-corrected chi connectivity index (χ3v) is 3.01. The summed E-state index contributed by atoms with van der Waals surface area (Å²) in [6, 6.07) is 7.94. The minimum atomic E-state index is -0.429. The minimum Gasteiger partial charge on any atom is -0.365 e. The van der Waals surface area contributed by atoms with Gasteiger partial charge in [0.2, 0.25) is 0 Å². The monoisotopic (exact) mass is 297 g/mol. The van der Waals surface area contributed by atoms with E-state index < -0.39 is 4.92 Å². The first-order chi connectivity index (χ1) is 8.15. The first-order valence-corrected chi connectivity index (χ1v) is 6.03. The Hall–Kier alpha value is -1.56. The van der Waals surface area contributed by atoms with Crippen LogP contribution < -0.4 is 5.32 Å². The lowest BCUT2D eigenvalue weighted by Gasteiger charge is -2.17. The summed E-state index contributed by atoms with van der Waals surface area (Å²) in [5.41, 5.74) is 1.12. The van der Waals surface area contributed by atoms with Crippen molar-refractivity contribution in [2.45, 2.75) is 6.54 Å². The molecule has 0 radical (unpaired) electrons. The maximum Gasteiger partial charge on any atom is 0.274 e. The molecule has 6 heteroatoms. The molecule has 1 aliphatic heterocycles. The molecule has 0 aromatic heterocycles. The average Bonchev–Trinajstić information content (AvgIpc) is 2.65. The lowest BCUT2D eigenvalue weighted by molar-refractivity contribution is -0.404. The van der Waals surface area contributed by atoms with Crippen LogP contribution in [0.4, 0.5) is 0 Å². The van der Waals surface area contributed by atoms with Gasteiger partial charge in [0.25, 0.3) is 6.20 Å². The van der Waals surface area contributed by atoms with Crippen molar-refractivity contribution in [3.8, 4) is 0 Å². The number of rotatable bonds is 3. The highest BCUT2D eigenvalue weighted by Crippen LogP contribution is 2.16. The summed E-state index contributed by atoms with van der Waals surface area (Å²) in [7, 11) is 0. The van der Waals surface area contributed by atoms with E-state index in [1.54, 1.807) is 0 Å². The molecule has 2 rings (SSSR count). The Labute approximate surface area is 107 Å². The zero-order valence-corrected chi connectivity index (χ0v) is 10.7. The van der Waals surface area contributed by atoms with Gasteiger partial charge in [0.1, 0.15) is 0 Å². The van der Waals surface area contributed by atoms with Gasteiger partial charge in [-0.05, 0) is 17.7 Å². The van der Waals surface area contributed by atoms with Crippen LogP contribution in [0.25, 0.3) is 0 Å². The molecule has 0 saturated carbocycles. The number of halogens is 1. The molecule has 1 aliphatic rings. The molecule has 17 heavy (non-hydrogen) atoms. The molecule has 5 nitrogen and oxygen atoms in total. The van der Waals surface area contributed by atoms with Gasteiger partial charge in [-0.3, -0.25) is 10.1 Å². The SMILES string of the molecule is O=[N+]([O-])C=C1NCCN1Cc1cccc(Br)c1. The topological polar surface area (TPSA) is 58.4 Å². The van der Waals surface area contributed by atoms with E-state index in [0.717, 1.165) is 29.3 Å². The number of hydrogen-bond acceptors (Lipinski definition) is 4. The fourth-order valence-corrected chi connectivity index (χ4v) is 2.24. The molecule has 0 amide bonds. The van der Waals surface area contributed by atoms with Crippen molar-refractivity contribution in [2.24, 2.45) is 0 Å². The summed E-state index contributed by atoms with van der Waals surface area (Å²) in [6.45, 7) is 2.20. The Balaban J connectivity index is 2.10. The number of nitrogens with one attached hydrogen (secondary N) is 1. The van der Waals surface area contributed by atoms with Gasteiger partial charge in [-0.1, -0.05) is 28.1 Å². The zero-order valence-electron chi connectivity index (χ0n) is 9.10. The summed E-state index contributed by atoms with van der Waals surface area (Å²) in [5, 5.41) is 13.5. The van der Waals surface area contributed by atoms with Gasteiger partial charge >= 0.3 is 0 Å². The average molecular weight is 298 g/mol. The molecular formula is C11H12BrN3O2. The largest absolute Gasteiger partial charge is 0.365 e. The fourth-order valence-electron chi connectivity index (χ4n) is 1.80. The van der Waals surface area contributed by atoms with Crippen molar-refractivity contribution in [3.05, 3.63) is 56.4 Å². The lowest BCUT2D eigenvalue weighted by Crippen LogP contribution is -2.20. The molecule has 1 aromatic carbocycles. The second-order valence-electron chi connectivity index (χ2n) is 3.78. The van der Waals surface area contributed by atoms with Crippen molar-refractivity contribution in [3.63, 3.8) is 0 Å². The molecular weight excluding hydrogens is 286 g/mol. The van der Waals surface area contributed by atoms with E-state index in [1.807, 2.05) is 29.2 Å². The van der Waals surface area contributed by atoms with Crippen LogP contribution in [-0.4, -0.2) is 22.9 Å². The van der Waals surface area contributed by atoms with Crippen LogP contribution in [-0.2, 0) is 6.54 Å². The summed E-state index contributed by atoms with van der Waals surface area (Å²) in [4.78, 5) is 12.0. The van der Waals surface area contributed by atoms with Crippen LogP contribution in [0.2, 0.25) is 0 Å². The molecule has 1 aromatic rings. The van der Waals surface area contributed by atoms with Crippen molar-refractivity contribution in [1.82, 2.24) is 10.2 Å². The summed E-state index contributed by atoms with van der Waals surface area (Å²) in [6.07, 6.45) is 1.02. The summed E-state index contributed by atoms with van der Waals surface area (Å²) < 4.78 is 1.02. The third-order valence-electron chi connectivity index (χ3n) is 2.52. The molecule has 1 N–H and O–H groups in total. The molecule has 1 fully saturated rings. The highest BCUT2D eigenvalue weighted by atomic mass is 79.9. The van der Waals surface area contributed by atoms with E-state index in [9.17, 15) is 10.1 Å².